The van der Waals surface area contributed by atoms with Gasteiger partial charge in [0.2, 0.25) is 5.91 Å². The summed E-state index contributed by atoms with van der Waals surface area (Å²) in [6.07, 6.45) is 1.92. The standard InChI is InChI=1S/C24H21NO3/c1-16-4-3-5-21(12-16)28-20-9-7-19(8-10-20)25-24(26)14-18-15-27-23-13-17(2)6-11-22(18)23/h3-13,15H,14H2,1-2H3,(H,25,26). The Hall–Kier alpha value is -3.53. The zero-order valence-corrected chi connectivity index (χ0v) is 15.9. The van der Waals surface area contributed by atoms with Crippen molar-refractivity contribution >= 4 is 22.6 Å². The number of aryl methyl sites for hydroxylation is 2. The summed E-state index contributed by atoms with van der Waals surface area (Å²) in [6, 6.07) is 21.2. The fourth-order valence-electron chi connectivity index (χ4n) is 3.13. The van der Waals surface area contributed by atoms with E-state index in [4.69, 9.17) is 9.15 Å². The molecular formula is C24H21NO3. The van der Waals surface area contributed by atoms with Gasteiger partial charge in [0.15, 0.2) is 0 Å². The normalized spacial score (nSPS) is 10.8. The molecule has 0 bridgehead atoms. The maximum absolute atomic E-state index is 12.4. The Bertz CT molecular complexity index is 1130. The van der Waals surface area contributed by atoms with Crippen molar-refractivity contribution in [3.8, 4) is 11.5 Å². The molecular weight excluding hydrogens is 350 g/mol. The summed E-state index contributed by atoms with van der Waals surface area (Å²) in [6.45, 7) is 4.04. The first kappa shape index (κ1) is 17.9. The lowest BCUT2D eigenvalue weighted by molar-refractivity contribution is -0.115. The molecule has 0 spiro atoms. The number of hydrogen-bond acceptors (Lipinski definition) is 3. The highest BCUT2D eigenvalue weighted by atomic mass is 16.5. The van der Waals surface area contributed by atoms with Crippen molar-refractivity contribution in [1.82, 2.24) is 0 Å². The molecule has 1 amide bonds. The quantitative estimate of drug-likeness (QED) is 0.466. The summed E-state index contributed by atoms with van der Waals surface area (Å²) >= 11 is 0. The molecule has 4 aromatic rings. The Kier molecular flexibility index (Phi) is 4.85. The minimum absolute atomic E-state index is 0.0874. The summed E-state index contributed by atoms with van der Waals surface area (Å²) < 4.78 is 11.4. The third-order valence-electron chi connectivity index (χ3n) is 4.53. The molecule has 0 saturated carbocycles. The summed E-state index contributed by atoms with van der Waals surface area (Å²) in [5, 5.41) is 3.89. The van der Waals surface area contributed by atoms with Crippen LogP contribution in [0.1, 0.15) is 16.7 Å². The molecule has 0 aliphatic heterocycles. The SMILES string of the molecule is Cc1cccc(Oc2ccc(NC(=O)Cc3coc4cc(C)ccc34)cc2)c1. The number of nitrogens with one attached hydrogen (secondary N) is 1. The zero-order valence-electron chi connectivity index (χ0n) is 15.9. The predicted octanol–water partition coefficient (Wildman–Crippen LogP) is 6.02. The highest BCUT2D eigenvalue weighted by Crippen LogP contribution is 2.25. The smallest absolute Gasteiger partial charge is 0.228 e. The Balaban J connectivity index is 1.40. The van der Waals surface area contributed by atoms with E-state index in [2.05, 4.69) is 5.32 Å². The van der Waals surface area contributed by atoms with E-state index in [9.17, 15) is 4.79 Å². The Morgan fingerprint density at radius 1 is 0.929 bits per heavy atom. The lowest BCUT2D eigenvalue weighted by atomic mass is 10.1. The van der Waals surface area contributed by atoms with Gasteiger partial charge in [-0.1, -0.05) is 24.3 Å². The molecule has 0 fully saturated rings. The number of carbonyl (C=O) groups is 1. The minimum Gasteiger partial charge on any atom is -0.464 e. The average Bonchev–Trinajstić information content (AvgIpc) is 3.05. The van der Waals surface area contributed by atoms with Gasteiger partial charge < -0.3 is 14.5 Å². The van der Waals surface area contributed by atoms with Gasteiger partial charge in [-0.05, 0) is 67.4 Å². The molecule has 0 radical (unpaired) electrons. The number of ether oxygens (including phenoxy) is 1. The van der Waals surface area contributed by atoms with E-state index in [-0.39, 0.29) is 12.3 Å². The van der Waals surface area contributed by atoms with Crippen LogP contribution in [0.2, 0.25) is 0 Å². The minimum atomic E-state index is -0.0874. The first-order chi connectivity index (χ1) is 13.6. The number of hydrogen-bond donors (Lipinski definition) is 1. The second-order valence-electron chi connectivity index (χ2n) is 6.93. The number of furan rings is 1. The van der Waals surface area contributed by atoms with Crippen LogP contribution >= 0.6 is 0 Å². The van der Waals surface area contributed by atoms with Gasteiger partial charge in [0, 0.05) is 16.6 Å². The van der Waals surface area contributed by atoms with Crippen molar-refractivity contribution in [1.29, 1.82) is 0 Å². The number of rotatable bonds is 5. The van der Waals surface area contributed by atoms with Gasteiger partial charge >= 0.3 is 0 Å². The molecule has 4 heteroatoms. The first-order valence-corrected chi connectivity index (χ1v) is 9.18. The first-order valence-electron chi connectivity index (χ1n) is 9.18. The highest BCUT2D eigenvalue weighted by Gasteiger charge is 2.11. The average molecular weight is 371 g/mol. The number of fused-ring (bicyclic) bond motifs is 1. The molecule has 3 aromatic carbocycles. The predicted molar refractivity (Wildman–Crippen MR) is 111 cm³/mol. The monoisotopic (exact) mass is 371 g/mol. The summed E-state index contributed by atoms with van der Waals surface area (Å²) in [4.78, 5) is 12.4. The number of carbonyl (C=O) groups excluding carboxylic acids is 1. The van der Waals surface area contributed by atoms with Gasteiger partial charge in [0.1, 0.15) is 17.1 Å². The van der Waals surface area contributed by atoms with Crippen LogP contribution in [0.15, 0.2) is 77.4 Å². The maximum atomic E-state index is 12.4. The van der Waals surface area contributed by atoms with Gasteiger partial charge in [-0.25, -0.2) is 0 Å². The maximum Gasteiger partial charge on any atom is 0.228 e. The molecule has 1 N–H and O–H groups in total. The molecule has 28 heavy (non-hydrogen) atoms. The summed E-state index contributed by atoms with van der Waals surface area (Å²) in [5.74, 6) is 1.43. The molecule has 0 aliphatic carbocycles. The summed E-state index contributed by atoms with van der Waals surface area (Å²) in [5.41, 5.74) is 4.69. The number of benzene rings is 3. The Labute approximate surface area is 163 Å². The van der Waals surface area contributed by atoms with Crippen molar-refractivity contribution in [2.75, 3.05) is 5.32 Å². The van der Waals surface area contributed by atoms with E-state index in [0.29, 0.717) is 0 Å². The van der Waals surface area contributed by atoms with E-state index in [1.165, 1.54) is 0 Å². The van der Waals surface area contributed by atoms with Crippen LogP contribution in [-0.2, 0) is 11.2 Å². The van der Waals surface area contributed by atoms with Crippen LogP contribution in [0.5, 0.6) is 11.5 Å². The lowest BCUT2D eigenvalue weighted by Gasteiger charge is -2.08. The van der Waals surface area contributed by atoms with E-state index in [1.807, 2.05) is 80.6 Å². The molecule has 0 atom stereocenters. The van der Waals surface area contributed by atoms with Crippen molar-refractivity contribution < 1.29 is 13.9 Å². The van der Waals surface area contributed by atoms with Gasteiger partial charge in [0.25, 0.3) is 0 Å². The van der Waals surface area contributed by atoms with E-state index in [0.717, 1.165) is 44.8 Å². The summed E-state index contributed by atoms with van der Waals surface area (Å²) in [7, 11) is 0. The topological polar surface area (TPSA) is 51.5 Å². The lowest BCUT2D eigenvalue weighted by Crippen LogP contribution is -2.14. The van der Waals surface area contributed by atoms with Crippen LogP contribution in [0.25, 0.3) is 11.0 Å². The van der Waals surface area contributed by atoms with Crippen molar-refractivity contribution in [2.24, 2.45) is 0 Å². The number of amides is 1. The third kappa shape index (κ3) is 4.07. The molecule has 0 aliphatic rings. The third-order valence-corrected chi connectivity index (χ3v) is 4.53. The molecule has 1 heterocycles. The van der Waals surface area contributed by atoms with Gasteiger partial charge in [-0.15, -0.1) is 0 Å². The highest BCUT2D eigenvalue weighted by molar-refractivity contribution is 5.95. The van der Waals surface area contributed by atoms with Crippen LogP contribution in [-0.4, -0.2) is 5.91 Å². The van der Waals surface area contributed by atoms with Crippen LogP contribution < -0.4 is 10.1 Å². The molecule has 0 saturated heterocycles. The zero-order chi connectivity index (χ0) is 19.5. The molecule has 4 rings (SSSR count). The second kappa shape index (κ2) is 7.61. The van der Waals surface area contributed by atoms with Gasteiger partial charge in [-0.2, -0.15) is 0 Å². The van der Waals surface area contributed by atoms with Gasteiger partial charge in [0.05, 0.1) is 12.7 Å². The molecule has 0 unspecified atom stereocenters. The van der Waals surface area contributed by atoms with Crippen molar-refractivity contribution in [3.05, 3.63) is 89.7 Å². The van der Waals surface area contributed by atoms with Crippen molar-refractivity contribution in [3.63, 3.8) is 0 Å². The van der Waals surface area contributed by atoms with Gasteiger partial charge in [-0.3, -0.25) is 4.79 Å². The second-order valence-corrected chi connectivity index (χ2v) is 6.93. The van der Waals surface area contributed by atoms with Crippen molar-refractivity contribution in [2.45, 2.75) is 20.3 Å². The molecule has 140 valence electrons. The van der Waals surface area contributed by atoms with Crippen LogP contribution in [0, 0.1) is 13.8 Å². The van der Waals surface area contributed by atoms with E-state index in [1.54, 1.807) is 6.26 Å². The van der Waals surface area contributed by atoms with E-state index >= 15 is 0 Å². The molecule has 1 aromatic heterocycles. The largest absolute Gasteiger partial charge is 0.464 e. The Morgan fingerprint density at radius 2 is 1.71 bits per heavy atom. The molecule has 4 nitrogen and oxygen atoms in total. The van der Waals surface area contributed by atoms with E-state index < -0.39 is 0 Å². The van der Waals surface area contributed by atoms with Crippen LogP contribution in [0.4, 0.5) is 5.69 Å². The fraction of sp³-hybridized carbons (Fsp3) is 0.125. The number of anilines is 1. The Morgan fingerprint density at radius 3 is 2.50 bits per heavy atom. The fourth-order valence-corrected chi connectivity index (χ4v) is 3.13. The van der Waals surface area contributed by atoms with Crippen LogP contribution in [0.3, 0.4) is 0 Å².